The second-order valence-electron chi connectivity index (χ2n) is 4.73. The molecular formula is C15H19N3O3S2. The van der Waals surface area contributed by atoms with Crippen LogP contribution >= 0.6 is 11.3 Å². The second kappa shape index (κ2) is 8.09. The third kappa shape index (κ3) is 5.05. The fourth-order valence-electron chi connectivity index (χ4n) is 1.89. The summed E-state index contributed by atoms with van der Waals surface area (Å²) in [7, 11) is -3.61. The molecule has 1 aromatic heterocycles. The monoisotopic (exact) mass is 353 g/mol. The summed E-state index contributed by atoms with van der Waals surface area (Å²) in [5, 5.41) is 7.58. The molecule has 0 unspecified atom stereocenters. The molecule has 1 aromatic carbocycles. The molecule has 2 aromatic rings. The quantitative estimate of drug-likeness (QED) is 0.633. The third-order valence-electron chi connectivity index (χ3n) is 2.97. The Morgan fingerprint density at radius 2 is 2.00 bits per heavy atom. The summed E-state index contributed by atoms with van der Waals surface area (Å²) < 4.78 is 27.1. The molecule has 0 saturated carbocycles. The van der Waals surface area contributed by atoms with Gasteiger partial charge in [0.15, 0.2) is 0 Å². The molecule has 0 fully saturated rings. The predicted molar refractivity (Wildman–Crippen MR) is 92.4 cm³/mol. The molecule has 1 amide bonds. The van der Waals surface area contributed by atoms with Crippen molar-refractivity contribution < 1.29 is 13.2 Å². The Labute approximate surface area is 140 Å². The SMILES string of the molecule is CCNCCNC(=O)c1cccc(NS(=O)(=O)c2cccs2)c1. The van der Waals surface area contributed by atoms with Gasteiger partial charge in [0.1, 0.15) is 4.21 Å². The molecule has 0 atom stereocenters. The lowest BCUT2D eigenvalue weighted by atomic mass is 10.2. The third-order valence-corrected chi connectivity index (χ3v) is 5.75. The molecule has 0 aliphatic rings. The predicted octanol–water partition coefficient (Wildman–Crippen LogP) is 1.89. The Morgan fingerprint density at radius 3 is 2.70 bits per heavy atom. The maximum Gasteiger partial charge on any atom is 0.271 e. The Hall–Kier alpha value is -1.90. The normalized spacial score (nSPS) is 11.2. The largest absolute Gasteiger partial charge is 0.351 e. The molecule has 0 saturated heterocycles. The number of nitrogens with one attached hydrogen (secondary N) is 3. The molecule has 0 spiro atoms. The maximum absolute atomic E-state index is 12.2. The van der Waals surface area contributed by atoms with Gasteiger partial charge in [-0.15, -0.1) is 11.3 Å². The Balaban J connectivity index is 2.04. The van der Waals surface area contributed by atoms with Crippen molar-refractivity contribution in [3.8, 4) is 0 Å². The summed E-state index contributed by atoms with van der Waals surface area (Å²) >= 11 is 1.14. The minimum absolute atomic E-state index is 0.234. The molecule has 0 aliphatic carbocycles. The number of benzene rings is 1. The summed E-state index contributed by atoms with van der Waals surface area (Å²) in [5.41, 5.74) is 0.769. The van der Waals surface area contributed by atoms with Crippen LogP contribution in [0.5, 0.6) is 0 Å². The number of carbonyl (C=O) groups is 1. The molecule has 3 N–H and O–H groups in total. The van der Waals surface area contributed by atoms with Gasteiger partial charge in [-0.3, -0.25) is 9.52 Å². The smallest absolute Gasteiger partial charge is 0.271 e. The lowest BCUT2D eigenvalue weighted by molar-refractivity contribution is 0.0954. The molecule has 0 aliphatic heterocycles. The van der Waals surface area contributed by atoms with Crippen LogP contribution in [0.3, 0.4) is 0 Å². The highest BCUT2D eigenvalue weighted by atomic mass is 32.2. The van der Waals surface area contributed by atoms with Crippen molar-refractivity contribution in [2.24, 2.45) is 0 Å². The fourth-order valence-corrected chi connectivity index (χ4v) is 3.93. The van der Waals surface area contributed by atoms with Gasteiger partial charge in [0.05, 0.1) is 0 Å². The van der Waals surface area contributed by atoms with Crippen molar-refractivity contribution >= 4 is 33.0 Å². The van der Waals surface area contributed by atoms with E-state index in [0.717, 1.165) is 17.9 Å². The van der Waals surface area contributed by atoms with Crippen molar-refractivity contribution in [3.63, 3.8) is 0 Å². The van der Waals surface area contributed by atoms with Gasteiger partial charge in [0.25, 0.3) is 15.9 Å². The number of thiophene rings is 1. The van der Waals surface area contributed by atoms with E-state index in [0.29, 0.717) is 24.3 Å². The summed E-state index contributed by atoms with van der Waals surface area (Å²) in [6.07, 6.45) is 0. The van der Waals surface area contributed by atoms with Crippen molar-refractivity contribution in [2.45, 2.75) is 11.1 Å². The van der Waals surface area contributed by atoms with Gasteiger partial charge in [-0.2, -0.15) is 0 Å². The zero-order valence-corrected chi connectivity index (χ0v) is 14.3. The number of sulfonamides is 1. The molecule has 124 valence electrons. The minimum atomic E-state index is -3.61. The molecule has 8 heteroatoms. The van der Waals surface area contributed by atoms with E-state index in [1.807, 2.05) is 6.92 Å². The van der Waals surface area contributed by atoms with Gasteiger partial charge in [0, 0.05) is 24.3 Å². The standard InChI is InChI=1S/C15H19N3O3S2/c1-2-16-8-9-17-15(19)12-5-3-6-13(11-12)18-23(20,21)14-7-4-10-22-14/h3-7,10-11,16,18H,2,8-9H2,1H3,(H,17,19). The van der Waals surface area contributed by atoms with Crippen LogP contribution in [-0.4, -0.2) is 34.0 Å². The van der Waals surface area contributed by atoms with E-state index < -0.39 is 10.0 Å². The van der Waals surface area contributed by atoms with Gasteiger partial charge in [0.2, 0.25) is 0 Å². The number of hydrogen-bond donors (Lipinski definition) is 3. The van der Waals surface area contributed by atoms with E-state index in [-0.39, 0.29) is 10.1 Å². The van der Waals surface area contributed by atoms with Crippen LogP contribution < -0.4 is 15.4 Å². The van der Waals surface area contributed by atoms with Crippen LogP contribution in [0.4, 0.5) is 5.69 Å². The Kier molecular flexibility index (Phi) is 6.14. The number of carbonyl (C=O) groups excluding carboxylic acids is 1. The van der Waals surface area contributed by atoms with Crippen LogP contribution in [-0.2, 0) is 10.0 Å². The first-order valence-electron chi connectivity index (χ1n) is 7.18. The first-order chi connectivity index (χ1) is 11.0. The number of likely N-dealkylation sites (N-methyl/N-ethyl adjacent to an activating group) is 1. The molecule has 0 radical (unpaired) electrons. The van der Waals surface area contributed by atoms with E-state index in [2.05, 4.69) is 15.4 Å². The van der Waals surface area contributed by atoms with Crippen LogP contribution in [0.15, 0.2) is 46.0 Å². The zero-order chi connectivity index (χ0) is 16.7. The number of rotatable bonds is 8. The summed E-state index contributed by atoms with van der Waals surface area (Å²) in [5.74, 6) is -0.236. The van der Waals surface area contributed by atoms with Crippen LogP contribution in [0.2, 0.25) is 0 Å². The average Bonchev–Trinajstić information content (AvgIpc) is 3.06. The molecular weight excluding hydrogens is 334 g/mol. The fraction of sp³-hybridized carbons (Fsp3) is 0.267. The zero-order valence-electron chi connectivity index (χ0n) is 12.7. The Bertz CT molecular complexity index is 743. The number of anilines is 1. The van der Waals surface area contributed by atoms with E-state index in [4.69, 9.17) is 0 Å². The van der Waals surface area contributed by atoms with Gasteiger partial charge in [-0.1, -0.05) is 19.1 Å². The Morgan fingerprint density at radius 1 is 1.17 bits per heavy atom. The van der Waals surface area contributed by atoms with Gasteiger partial charge in [-0.05, 0) is 36.2 Å². The van der Waals surface area contributed by atoms with Crippen molar-refractivity contribution in [3.05, 3.63) is 47.3 Å². The van der Waals surface area contributed by atoms with Gasteiger partial charge >= 0.3 is 0 Å². The van der Waals surface area contributed by atoms with E-state index >= 15 is 0 Å². The lowest BCUT2D eigenvalue weighted by Crippen LogP contribution is -2.31. The minimum Gasteiger partial charge on any atom is -0.351 e. The highest BCUT2D eigenvalue weighted by molar-refractivity contribution is 7.94. The van der Waals surface area contributed by atoms with Crippen molar-refractivity contribution in [1.29, 1.82) is 0 Å². The van der Waals surface area contributed by atoms with Gasteiger partial charge in [-0.25, -0.2) is 8.42 Å². The number of hydrogen-bond acceptors (Lipinski definition) is 5. The van der Waals surface area contributed by atoms with Crippen molar-refractivity contribution in [2.75, 3.05) is 24.4 Å². The molecule has 1 heterocycles. The summed E-state index contributed by atoms with van der Waals surface area (Å²) in [4.78, 5) is 12.0. The first-order valence-corrected chi connectivity index (χ1v) is 9.54. The molecule has 6 nitrogen and oxygen atoms in total. The van der Waals surface area contributed by atoms with Crippen molar-refractivity contribution in [1.82, 2.24) is 10.6 Å². The molecule has 0 bridgehead atoms. The lowest BCUT2D eigenvalue weighted by Gasteiger charge is -2.09. The van der Waals surface area contributed by atoms with E-state index in [1.54, 1.807) is 29.6 Å². The van der Waals surface area contributed by atoms with E-state index in [1.165, 1.54) is 12.1 Å². The maximum atomic E-state index is 12.2. The van der Waals surface area contributed by atoms with Crippen LogP contribution in [0.1, 0.15) is 17.3 Å². The van der Waals surface area contributed by atoms with Crippen LogP contribution in [0.25, 0.3) is 0 Å². The summed E-state index contributed by atoms with van der Waals surface area (Å²) in [6.45, 7) is 4.03. The highest BCUT2D eigenvalue weighted by Gasteiger charge is 2.15. The highest BCUT2D eigenvalue weighted by Crippen LogP contribution is 2.20. The van der Waals surface area contributed by atoms with Gasteiger partial charge < -0.3 is 10.6 Å². The number of amides is 1. The van der Waals surface area contributed by atoms with Crippen LogP contribution in [0, 0.1) is 0 Å². The second-order valence-corrected chi connectivity index (χ2v) is 7.58. The first kappa shape index (κ1) is 17.5. The van der Waals surface area contributed by atoms with E-state index in [9.17, 15) is 13.2 Å². The molecule has 2 rings (SSSR count). The summed E-state index contributed by atoms with van der Waals surface area (Å²) in [6, 6.07) is 9.63. The topological polar surface area (TPSA) is 87.3 Å². The molecule has 23 heavy (non-hydrogen) atoms. The average molecular weight is 353 g/mol.